The number of rotatable bonds is 4. The van der Waals surface area contributed by atoms with E-state index in [1.165, 1.54) is 6.07 Å². The molecule has 2 rings (SSSR count). The quantitative estimate of drug-likeness (QED) is 0.790. The van der Waals surface area contributed by atoms with Crippen molar-refractivity contribution in [1.29, 1.82) is 0 Å². The summed E-state index contributed by atoms with van der Waals surface area (Å²) in [5.74, 6) is -1.27. The van der Waals surface area contributed by atoms with Crippen LogP contribution in [0.2, 0.25) is 0 Å². The molecule has 4 N–H and O–H groups in total. The van der Waals surface area contributed by atoms with Gasteiger partial charge in [-0.25, -0.2) is 4.79 Å². The number of nitrogens with two attached hydrogens (primary N) is 1. The van der Waals surface area contributed by atoms with Gasteiger partial charge in [-0.2, -0.15) is 0 Å². The van der Waals surface area contributed by atoms with Crippen molar-refractivity contribution in [2.24, 2.45) is 11.7 Å². The molecule has 6 heteroatoms. The van der Waals surface area contributed by atoms with Crippen LogP contribution in [0.15, 0.2) is 22.7 Å². The Morgan fingerprint density at radius 1 is 1.47 bits per heavy atom. The summed E-state index contributed by atoms with van der Waals surface area (Å²) in [6.07, 6.45) is 1.87. The third-order valence-electron chi connectivity index (χ3n) is 3.37. The van der Waals surface area contributed by atoms with Gasteiger partial charge in [-0.3, -0.25) is 4.79 Å². The van der Waals surface area contributed by atoms with Crippen molar-refractivity contribution < 1.29 is 14.7 Å². The SMILES string of the molecule is CC(N)(C(=O)Nc1ccc(Br)cc1C(=O)O)C1CC1. The highest BCUT2D eigenvalue weighted by atomic mass is 79.9. The molecular weight excluding hydrogens is 312 g/mol. The average molecular weight is 327 g/mol. The number of amides is 1. The molecule has 1 atom stereocenters. The van der Waals surface area contributed by atoms with E-state index in [1.54, 1.807) is 19.1 Å². The van der Waals surface area contributed by atoms with Crippen molar-refractivity contribution in [2.45, 2.75) is 25.3 Å². The monoisotopic (exact) mass is 326 g/mol. The third-order valence-corrected chi connectivity index (χ3v) is 3.87. The lowest BCUT2D eigenvalue weighted by molar-refractivity contribution is -0.121. The summed E-state index contributed by atoms with van der Waals surface area (Å²) in [4.78, 5) is 23.3. The van der Waals surface area contributed by atoms with Crippen molar-refractivity contribution in [3.8, 4) is 0 Å². The number of benzene rings is 1. The second-order valence-corrected chi connectivity index (χ2v) is 5.92. The average Bonchev–Trinajstić information content (AvgIpc) is 3.15. The molecule has 1 unspecified atom stereocenters. The number of hydrogen-bond donors (Lipinski definition) is 3. The van der Waals surface area contributed by atoms with E-state index in [-0.39, 0.29) is 23.1 Å². The molecule has 0 aromatic heterocycles. The Morgan fingerprint density at radius 2 is 2.11 bits per heavy atom. The lowest BCUT2D eigenvalue weighted by Gasteiger charge is -2.23. The predicted octanol–water partition coefficient (Wildman–Crippen LogP) is 2.21. The van der Waals surface area contributed by atoms with E-state index in [4.69, 9.17) is 10.8 Å². The molecule has 1 amide bonds. The summed E-state index contributed by atoms with van der Waals surface area (Å²) < 4.78 is 0.639. The highest BCUT2D eigenvalue weighted by Gasteiger charge is 2.44. The van der Waals surface area contributed by atoms with Crippen LogP contribution in [-0.2, 0) is 4.79 Å². The Balaban J connectivity index is 2.23. The number of halogens is 1. The summed E-state index contributed by atoms with van der Waals surface area (Å²) in [5.41, 5.74) is 5.34. The molecule has 19 heavy (non-hydrogen) atoms. The number of aromatic carboxylic acids is 1. The van der Waals surface area contributed by atoms with Crippen LogP contribution >= 0.6 is 15.9 Å². The number of carbonyl (C=O) groups excluding carboxylic acids is 1. The molecule has 0 heterocycles. The highest BCUT2D eigenvalue weighted by Crippen LogP contribution is 2.38. The molecule has 1 aromatic rings. The molecule has 1 saturated carbocycles. The summed E-state index contributed by atoms with van der Waals surface area (Å²) in [6, 6.07) is 4.67. The number of carbonyl (C=O) groups is 2. The molecule has 0 radical (unpaired) electrons. The topological polar surface area (TPSA) is 92.4 Å². The molecule has 0 saturated heterocycles. The fourth-order valence-electron chi connectivity index (χ4n) is 1.93. The molecule has 0 aliphatic heterocycles. The van der Waals surface area contributed by atoms with Crippen LogP contribution in [0.4, 0.5) is 5.69 Å². The molecule has 5 nitrogen and oxygen atoms in total. The Morgan fingerprint density at radius 3 is 2.63 bits per heavy atom. The number of anilines is 1. The first-order valence-corrected chi connectivity index (χ1v) is 6.75. The van der Waals surface area contributed by atoms with E-state index < -0.39 is 11.5 Å². The van der Waals surface area contributed by atoms with Gasteiger partial charge < -0.3 is 16.2 Å². The van der Waals surface area contributed by atoms with Crippen molar-refractivity contribution in [3.05, 3.63) is 28.2 Å². The lowest BCUT2D eigenvalue weighted by atomic mass is 9.96. The van der Waals surface area contributed by atoms with Crippen LogP contribution in [0.3, 0.4) is 0 Å². The maximum atomic E-state index is 12.1. The van der Waals surface area contributed by atoms with E-state index >= 15 is 0 Å². The Labute approximate surface area is 119 Å². The van der Waals surface area contributed by atoms with Crippen LogP contribution < -0.4 is 11.1 Å². The first-order chi connectivity index (χ1) is 8.82. The van der Waals surface area contributed by atoms with Gasteiger partial charge in [-0.05, 0) is 43.9 Å². The third kappa shape index (κ3) is 2.96. The Hall–Kier alpha value is -1.40. The largest absolute Gasteiger partial charge is 0.478 e. The zero-order valence-electron chi connectivity index (χ0n) is 10.4. The van der Waals surface area contributed by atoms with Gasteiger partial charge in [0.1, 0.15) is 0 Å². The van der Waals surface area contributed by atoms with Crippen LogP contribution in [0.1, 0.15) is 30.1 Å². The van der Waals surface area contributed by atoms with Gasteiger partial charge in [-0.15, -0.1) is 0 Å². The van der Waals surface area contributed by atoms with Gasteiger partial charge in [0.2, 0.25) is 5.91 Å². The summed E-state index contributed by atoms with van der Waals surface area (Å²) in [7, 11) is 0. The van der Waals surface area contributed by atoms with Gasteiger partial charge in [0.25, 0.3) is 0 Å². The van der Waals surface area contributed by atoms with Crippen LogP contribution in [0.25, 0.3) is 0 Å². The van der Waals surface area contributed by atoms with Crippen molar-refractivity contribution in [1.82, 2.24) is 0 Å². The second kappa shape index (κ2) is 4.94. The molecular formula is C13H15BrN2O3. The number of nitrogens with one attached hydrogen (secondary N) is 1. The van der Waals surface area contributed by atoms with E-state index in [9.17, 15) is 9.59 Å². The molecule has 0 spiro atoms. The molecule has 1 aromatic carbocycles. The second-order valence-electron chi connectivity index (χ2n) is 5.01. The number of carboxylic acid groups (broad SMARTS) is 1. The summed E-state index contributed by atoms with van der Waals surface area (Å²) >= 11 is 3.20. The fraction of sp³-hybridized carbons (Fsp3) is 0.385. The summed E-state index contributed by atoms with van der Waals surface area (Å²) in [5, 5.41) is 11.7. The molecule has 1 fully saturated rings. The maximum absolute atomic E-state index is 12.1. The van der Waals surface area contributed by atoms with E-state index in [2.05, 4.69) is 21.2 Å². The van der Waals surface area contributed by atoms with E-state index in [1.807, 2.05) is 0 Å². The minimum absolute atomic E-state index is 0.0364. The number of hydrogen-bond acceptors (Lipinski definition) is 3. The maximum Gasteiger partial charge on any atom is 0.337 e. The predicted molar refractivity (Wildman–Crippen MR) is 75.0 cm³/mol. The minimum atomic E-state index is -1.10. The van der Waals surface area contributed by atoms with Gasteiger partial charge in [0.15, 0.2) is 0 Å². The van der Waals surface area contributed by atoms with Gasteiger partial charge >= 0.3 is 5.97 Å². The number of carboxylic acids is 1. The molecule has 1 aliphatic rings. The first-order valence-electron chi connectivity index (χ1n) is 5.95. The Bertz CT molecular complexity index is 539. The minimum Gasteiger partial charge on any atom is -0.478 e. The zero-order valence-corrected chi connectivity index (χ0v) is 12.0. The zero-order chi connectivity index (χ0) is 14.2. The Kier molecular flexibility index (Phi) is 3.64. The van der Waals surface area contributed by atoms with Gasteiger partial charge in [0.05, 0.1) is 16.8 Å². The standard InChI is InChI=1S/C13H15BrN2O3/c1-13(15,7-2-3-7)12(19)16-10-5-4-8(14)6-9(10)11(17)18/h4-7H,2-3,15H2,1H3,(H,16,19)(H,17,18). The van der Waals surface area contributed by atoms with Gasteiger partial charge in [0, 0.05) is 4.47 Å². The van der Waals surface area contributed by atoms with Crippen molar-refractivity contribution in [3.63, 3.8) is 0 Å². The lowest BCUT2D eigenvalue weighted by Crippen LogP contribution is -2.50. The van der Waals surface area contributed by atoms with Crippen molar-refractivity contribution >= 4 is 33.5 Å². The first kappa shape index (κ1) is 14.0. The summed E-state index contributed by atoms with van der Waals surface area (Å²) in [6.45, 7) is 1.68. The van der Waals surface area contributed by atoms with Crippen LogP contribution in [0.5, 0.6) is 0 Å². The van der Waals surface area contributed by atoms with E-state index in [0.29, 0.717) is 4.47 Å². The van der Waals surface area contributed by atoms with Crippen LogP contribution in [0, 0.1) is 5.92 Å². The smallest absolute Gasteiger partial charge is 0.337 e. The van der Waals surface area contributed by atoms with Crippen LogP contribution in [-0.4, -0.2) is 22.5 Å². The molecule has 102 valence electrons. The molecule has 1 aliphatic carbocycles. The normalized spacial score (nSPS) is 17.6. The van der Waals surface area contributed by atoms with Crippen molar-refractivity contribution in [2.75, 3.05) is 5.32 Å². The highest BCUT2D eigenvalue weighted by molar-refractivity contribution is 9.10. The fourth-order valence-corrected chi connectivity index (χ4v) is 2.29. The van der Waals surface area contributed by atoms with Gasteiger partial charge in [-0.1, -0.05) is 15.9 Å². The van der Waals surface area contributed by atoms with E-state index in [0.717, 1.165) is 12.8 Å². The molecule has 0 bridgehead atoms.